The Morgan fingerprint density at radius 2 is 1.91 bits per heavy atom. The van der Waals surface area contributed by atoms with E-state index in [-0.39, 0.29) is 12.1 Å². The summed E-state index contributed by atoms with van der Waals surface area (Å²) < 4.78 is 6.10. The summed E-state index contributed by atoms with van der Waals surface area (Å²) in [5, 5.41) is 0. The minimum atomic E-state index is 0.143. The van der Waals surface area contributed by atoms with Gasteiger partial charge in [-0.25, -0.2) is 9.97 Å². The maximum Gasteiger partial charge on any atom is 0.142 e. The zero-order valence-electron chi connectivity index (χ0n) is 13.8. The number of aromatic nitrogens is 2. The quantitative estimate of drug-likeness (QED) is 0.844. The molecule has 5 nitrogen and oxygen atoms in total. The second kappa shape index (κ2) is 7.64. The van der Waals surface area contributed by atoms with Gasteiger partial charge in [0.2, 0.25) is 0 Å². The Morgan fingerprint density at radius 3 is 2.65 bits per heavy atom. The van der Waals surface area contributed by atoms with E-state index >= 15 is 0 Å². The fourth-order valence-electron chi connectivity index (χ4n) is 3.16. The van der Waals surface area contributed by atoms with Crippen molar-refractivity contribution in [3.8, 4) is 0 Å². The van der Waals surface area contributed by atoms with Crippen molar-refractivity contribution in [2.45, 2.75) is 18.7 Å². The Balaban J connectivity index is 1.69. The maximum absolute atomic E-state index is 6.10. The van der Waals surface area contributed by atoms with Crippen molar-refractivity contribution in [1.82, 2.24) is 19.8 Å². The molecule has 1 aromatic heterocycles. The zero-order chi connectivity index (χ0) is 16.1. The highest BCUT2D eigenvalue weighted by Gasteiger charge is 2.32. The van der Waals surface area contributed by atoms with Gasteiger partial charge in [-0.05, 0) is 25.7 Å². The number of benzene rings is 1. The molecule has 0 saturated carbocycles. The van der Waals surface area contributed by atoms with Crippen LogP contribution in [-0.4, -0.2) is 59.7 Å². The first kappa shape index (κ1) is 16.1. The molecular weight excluding hydrogens is 288 g/mol. The molecule has 0 aliphatic carbocycles. The minimum absolute atomic E-state index is 0.143. The molecule has 1 aliphatic rings. The summed E-state index contributed by atoms with van der Waals surface area (Å²) in [5.74, 6) is 0.843. The molecule has 122 valence electrons. The third kappa shape index (κ3) is 4.13. The third-order valence-electron chi connectivity index (χ3n) is 4.27. The van der Waals surface area contributed by atoms with Gasteiger partial charge in [-0.3, -0.25) is 9.80 Å². The normalized spacial score (nSPS) is 22.4. The molecule has 0 N–H and O–H groups in total. The number of likely N-dealkylation sites (N-methyl/N-ethyl adjacent to an activating group) is 2. The third-order valence-corrected chi connectivity index (χ3v) is 4.27. The molecule has 1 aromatic carbocycles. The van der Waals surface area contributed by atoms with E-state index in [0.717, 1.165) is 32.1 Å². The van der Waals surface area contributed by atoms with E-state index < -0.39 is 0 Å². The molecule has 0 bridgehead atoms. The summed E-state index contributed by atoms with van der Waals surface area (Å²) >= 11 is 0. The van der Waals surface area contributed by atoms with Crippen LogP contribution in [0.5, 0.6) is 0 Å². The van der Waals surface area contributed by atoms with E-state index in [1.165, 1.54) is 5.56 Å². The van der Waals surface area contributed by atoms with E-state index in [1.807, 2.05) is 6.07 Å². The first-order valence-electron chi connectivity index (χ1n) is 8.05. The van der Waals surface area contributed by atoms with Gasteiger partial charge in [-0.15, -0.1) is 0 Å². The van der Waals surface area contributed by atoms with Gasteiger partial charge in [-0.1, -0.05) is 30.3 Å². The molecule has 1 fully saturated rings. The van der Waals surface area contributed by atoms with Crippen LogP contribution in [0, 0.1) is 0 Å². The first-order chi connectivity index (χ1) is 11.2. The van der Waals surface area contributed by atoms with Crippen LogP contribution in [0.3, 0.4) is 0 Å². The van der Waals surface area contributed by atoms with Crippen LogP contribution < -0.4 is 0 Å². The summed E-state index contributed by atoms with van der Waals surface area (Å²) in [5.41, 5.74) is 1.31. The summed E-state index contributed by atoms with van der Waals surface area (Å²) in [6.45, 7) is 3.32. The number of hydrogen-bond acceptors (Lipinski definition) is 5. The van der Waals surface area contributed by atoms with Crippen LogP contribution in [0.15, 0.2) is 48.8 Å². The molecule has 5 heteroatoms. The predicted octanol–water partition coefficient (Wildman–Crippen LogP) is 1.98. The Bertz CT molecular complexity index is 592. The van der Waals surface area contributed by atoms with Gasteiger partial charge in [0, 0.05) is 25.5 Å². The largest absolute Gasteiger partial charge is 0.374 e. The number of rotatable bonds is 5. The molecule has 0 radical (unpaired) electrons. The van der Waals surface area contributed by atoms with E-state index in [2.05, 4.69) is 64.2 Å². The molecule has 2 heterocycles. The molecular formula is C18H24N4O. The second-order valence-electron chi connectivity index (χ2n) is 6.11. The predicted molar refractivity (Wildman–Crippen MR) is 89.9 cm³/mol. The topological polar surface area (TPSA) is 41.5 Å². The van der Waals surface area contributed by atoms with Crippen molar-refractivity contribution in [1.29, 1.82) is 0 Å². The van der Waals surface area contributed by atoms with E-state index in [4.69, 9.17) is 4.74 Å². The van der Waals surface area contributed by atoms with Gasteiger partial charge in [0.1, 0.15) is 5.82 Å². The smallest absolute Gasteiger partial charge is 0.142 e. The number of hydrogen-bond donors (Lipinski definition) is 0. The molecule has 2 atom stereocenters. The first-order valence-corrected chi connectivity index (χ1v) is 8.05. The summed E-state index contributed by atoms with van der Waals surface area (Å²) in [4.78, 5) is 13.2. The lowest BCUT2D eigenvalue weighted by Crippen LogP contribution is -2.47. The van der Waals surface area contributed by atoms with Crippen molar-refractivity contribution in [2.24, 2.45) is 0 Å². The summed E-state index contributed by atoms with van der Waals surface area (Å²) in [6, 6.07) is 12.7. The molecule has 0 spiro atoms. The fourth-order valence-corrected chi connectivity index (χ4v) is 3.16. The molecule has 1 aliphatic heterocycles. The van der Waals surface area contributed by atoms with Crippen molar-refractivity contribution in [2.75, 3.05) is 33.8 Å². The van der Waals surface area contributed by atoms with Crippen LogP contribution in [0.2, 0.25) is 0 Å². The Labute approximate surface area is 137 Å². The van der Waals surface area contributed by atoms with Crippen LogP contribution in [-0.2, 0) is 11.3 Å². The molecule has 1 saturated heterocycles. The van der Waals surface area contributed by atoms with Crippen molar-refractivity contribution >= 4 is 0 Å². The summed E-state index contributed by atoms with van der Waals surface area (Å²) in [6.07, 6.45) is 3.71. The Hall–Kier alpha value is -1.82. The molecule has 3 rings (SSSR count). The van der Waals surface area contributed by atoms with E-state index in [1.54, 1.807) is 12.4 Å². The SMILES string of the molecule is CN(Cc1ncccn1)C[C@@H]1OCCN(C)[C@H]1c1ccccc1. The van der Waals surface area contributed by atoms with E-state index in [0.29, 0.717) is 0 Å². The second-order valence-corrected chi connectivity index (χ2v) is 6.11. The fraction of sp³-hybridized carbons (Fsp3) is 0.444. The van der Waals surface area contributed by atoms with Crippen LogP contribution >= 0.6 is 0 Å². The maximum atomic E-state index is 6.10. The van der Waals surface area contributed by atoms with Gasteiger partial charge in [0.25, 0.3) is 0 Å². The molecule has 23 heavy (non-hydrogen) atoms. The lowest BCUT2D eigenvalue weighted by molar-refractivity contribution is -0.0744. The van der Waals surface area contributed by atoms with Crippen molar-refractivity contribution in [3.05, 3.63) is 60.2 Å². The lowest BCUT2D eigenvalue weighted by atomic mass is 9.98. The van der Waals surface area contributed by atoms with Gasteiger partial charge in [0.05, 0.1) is 25.3 Å². The minimum Gasteiger partial charge on any atom is -0.374 e. The van der Waals surface area contributed by atoms with Crippen LogP contribution in [0.4, 0.5) is 0 Å². The molecule has 2 aromatic rings. The zero-order valence-corrected chi connectivity index (χ0v) is 13.8. The monoisotopic (exact) mass is 312 g/mol. The van der Waals surface area contributed by atoms with Crippen LogP contribution in [0.1, 0.15) is 17.4 Å². The van der Waals surface area contributed by atoms with Crippen LogP contribution in [0.25, 0.3) is 0 Å². The van der Waals surface area contributed by atoms with Gasteiger partial charge in [-0.2, -0.15) is 0 Å². The van der Waals surface area contributed by atoms with Gasteiger partial charge >= 0.3 is 0 Å². The van der Waals surface area contributed by atoms with Gasteiger partial charge < -0.3 is 4.74 Å². The summed E-state index contributed by atoms with van der Waals surface area (Å²) in [7, 11) is 4.27. The average molecular weight is 312 g/mol. The highest BCUT2D eigenvalue weighted by Crippen LogP contribution is 2.28. The molecule has 0 unspecified atom stereocenters. The lowest BCUT2D eigenvalue weighted by Gasteiger charge is -2.40. The number of morpholine rings is 1. The Morgan fingerprint density at radius 1 is 1.17 bits per heavy atom. The van der Waals surface area contributed by atoms with E-state index in [9.17, 15) is 0 Å². The number of ether oxygens (including phenoxy) is 1. The number of nitrogens with zero attached hydrogens (tertiary/aromatic N) is 4. The highest BCUT2D eigenvalue weighted by molar-refractivity contribution is 5.21. The van der Waals surface area contributed by atoms with Crippen molar-refractivity contribution < 1.29 is 4.74 Å². The Kier molecular flexibility index (Phi) is 5.33. The van der Waals surface area contributed by atoms with Crippen molar-refractivity contribution in [3.63, 3.8) is 0 Å². The molecule has 0 amide bonds. The highest BCUT2D eigenvalue weighted by atomic mass is 16.5. The average Bonchev–Trinajstić information content (AvgIpc) is 2.56. The van der Waals surface area contributed by atoms with Gasteiger partial charge in [0.15, 0.2) is 0 Å². The standard InChI is InChI=1S/C18H24N4O/c1-21(14-17-19-9-6-10-20-17)13-16-18(22(2)11-12-23-16)15-7-4-3-5-8-15/h3-10,16,18H,11-14H2,1-2H3/t16-,18-/m0/s1.